The van der Waals surface area contributed by atoms with Crippen LogP contribution >= 0.6 is 11.6 Å². The third-order valence-corrected chi connectivity index (χ3v) is 4.96. The van der Waals surface area contributed by atoms with Crippen LogP contribution in [0.2, 0.25) is 5.02 Å². The van der Waals surface area contributed by atoms with Crippen LogP contribution in [0.3, 0.4) is 0 Å². The minimum absolute atomic E-state index is 0.0318. The highest BCUT2D eigenvalue weighted by molar-refractivity contribution is 6.30. The van der Waals surface area contributed by atoms with Crippen LogP contribution in [0.25, 0.3) is 16.9 Å². The summed E-state index contributed by atoms with van der Waals surface area (Å²) in [5, 5.41) is 0.567. The number of hydrogen-bond donors (Lipinski definition) is 0. The van der Waals surface area contributed by atoms with Gasteiger partial charge in [-0.1, -0.05) is 11.6 Å². The Hall–Kier alpha value is -3.06. The number of nitrogens with zero attached hydrogens (tertiary/aromatic N) is 3. The summed E-state index contributed by atoms with van der Waals surface area (Å²) in [5.41, 5.74) is 3.05. The van der Waals surface area contributed by atoms with E-state index in [0.29, 0.717) is 35.2 Å². The topological polar surface area (TPSA) is 73.1 Å². The molecule has 0 aliphatic heterocycles. The first-order chi connectivity index (χ1) is 14.4. The molecule has 0 unspecified atom stereocenters. The minimum atomic E-state index is -0.405. The molecule has 0 N–H and O–H groups in total. The predicted molar refractivity (Wildman–Crippen MR) is 115 cm³/mol. The number of amides is 1. The summed E-state index contributed by atoms with van der Waals surface area (Å²) in [5.74, 6) is 0.189. The predicted octanol–water partition coefficient (Wildman–Crippen LogP) is 3.97. The lowest BCUT2D eigenvalue weighted by molar-refractivity contribution is -0.147. The van der Waals surface area contributed by atoms with Crippen molar-refractivity contribution in [1.82, 2.24) is 14.3 Å². The van der Waals surface area contributed by atoms with Gasteiger partial charge < -0.3 is 18.8 Å². The largest absolute Gasteiger partial charge is 0.457 e. The average molecular weight is 430 g/mol. The highest BCUT2D eigenvalue weighted by Gasteiger charge is 2.20. The van der Waals surface area contributed by atoms with E-state index in [-0.39, 0.29) is 19.1 Å². The lowest BCUT2D eigenvalue weighted by Gasteiger charge is -2.18. The summed E-state index contributed by atoms with van der Waals surface area (Å²) in [6.07, 6.45) is 1.98. The molecule has 2 aromatic heterocycles. The first kappa shape index (κ1) is 21.6. The number of aromatic nitrogens is 2. The SMILES string of the molecule is CCN(CC)C(=O)Cc1c(-c2ccc(OCOC(C)=O)cc2)nc2ccc(Cl)cn12. The van der Waals surface area contributed by atoms with Crippen molar-refractivity contribution in [1.29, 1.82) is 0 Å². The molecule has 8 heteroatoms. The van der Waals surface area contributed by atoms with Crippen LogP contribution in [0.15, 0.2) is 42.6 Å². The van der Waals surface area contributed by atoms with Crippen molar-refractivity contribution in [2.75, 3.05) is 19.9 Å². The molecule has 0 aliphatic carbocycles. The molecule has 2 heterocycles. The Morgan fingerprint density at radius 2 is 1.80 bits per heavy atom. The monoisotopic (exact) mass is 429 g/mol. The Kier molecular flexibility index (Phi) is 6.95. The Bertz CT molecular complexity index is 1040. The first-order valence-electron chi connectivity index (χ1n) is 9.73. The number of imidazole rings is 1. The Balaban J connectivity index is 1.94. The number of carbonyl (C=O) groups excluding carboxylic acids is 2. The number of esters is 1. The number of ether oxygens (including phenoxy) is 2. The van der Waals surface area contributed by atoms with Gasteiger partial charge in [0.15, 0.2) is 0 Å². The van der Waals surface area contributed by atoms with Crippen molar-refractivity contribution in [3.05, 3.63) is 53.3 Å². The van der Waals surface area contributed by atoms with Crippen molar-refractivity contribution < 1.29 is 19.1 Å². The molecule has 158 valence electrons. The van der Waals surface area contributed by atoms with Gasteiger partial charge in [-0.25, -0.2) is 4.98 Å². The molecule has 3 aromatic rings. The molecule has 30 heavy (non-hydrogen) atoms. The number of pyridine rings is 1. The smallest absolute Gasteiger partial charge is 0.305 e. The van der Waals surface area contributed by atoms with E-state index in [9.17, 15) is 9.59 Å². The molecule has 0 aliphatic rings. The van der Waals surface area contributed by atoms with E-state index >= 15 is 0 Å². The maximum atomic E-state index is 12.8. The molecule has 0 saturated heterocycles. The van der Waals surface area contributed by atoms with Gasteiger partial charge in [-0.05, 0) is 50.2 Å². The van der Waals surface area contributed by atoms with Crippen LogP contribution in [0.5, 0.6) is 5.75 Å². The standard InChI is InChI=1S/C22H24ClN3O4/c1-4-25(5-2)21(28)12-19-22(24-20-11-8-17(23)13-26(19)20)16-6-9-18(10-7-16)30-14-29-15(3)27/h6-11,13H,4-5,12,14H2,1-3H3. The second-order valence-corrected chi connectivity index (χ2v) is 7.08. The maximum absolute atomic E-state index is 12.8. The molecule has 0 spiro atoms. The van der Waals surface area contributed by atoms with Gasteiger partial charge >= 0.3 is 5.97 Å². The molecule has 1 amide bonds. The Labute approximate surface area is 180 Å². The van der Waals surface area contributed by atoms with E-state index in [1.807, 2.05) is 36.4 Å². The number of rotatable bonds is 8. The van der Waals surface area contributed by atoms with Gasteiger partial charge in [-0.15, -0.1) is 0 Å². The third-order valence-electron chi connectivity index (χ3n) is 4.73. The van der Waals surface area contributed by atoms with Gasteiger partial charge in [0.1, 0.15) is 11.4 Å². The zero-order valence-corrected chi connectivity index (χ0v) is 18.0. The molecular weight excluding hydrogens is 406 g/mol. The van der Waals surface area contributed by atoms with Crippen LogP contribution in [0.4, 0.5) is 0 Å². The van der Waals surface area contributed by atoms with Gasteiger partial charge in [0.2, 0.25) is 12.7 Å². The second-order valence-electron chi connectivity index (χ2n) is 6.65. The molecule has 3 rings (SSSR count). The average Bonchev–Trinajstić information content (AvgIpc) is 3.07. The van der Waals surface area contributed by atoms with Crippen molar-refractivity contribution in [3.63, 3.8) is 0 Å². The van der Waals surface area contributed by atoms with E-state index in [4.69, 9.17) is 26.1 Å². The normalized spacial score (nSPS) is 10.8. The van der Waals surface area contributed by atoms with Crippen molar-refractivity contribution in [3.8, 4) is 17.0 Å². The fourth-order valence-electron chi connectivity index (χ4n) is 3.19. The van der Waals surface area contributed by atoms with Crippen molar-refractivity contribution >= 4 is 29.1 Å². The second kappa shape index (κ2) is 9.63. The summed E-state index contributed by atoms with van der Waals surface area (Å²) in [7, 11) is 0. The molecule has 0 saturated carbocycles. The number of likely N-dealkylation sites (N-methyl/N-ethyl adjacent to an activating group) is 1. The van der Waals surface area contributed by atoms with E-state index < -0.39 is 5.97 Å². The molecule has 0 fully saturated rings. The minimum Gasteiger partial charge on any atom is -0.457 e. The number of carbonyl (C=O) groups is 2. The van der Waals surface area contributed by atoms with Crippen LogP contribution < -0.4 is 4.74 Å². The van der Waals surface area contributed by atoms with Crippen LogP contribution in [0.1, 0.15) is 26.5 Å². The molecule has 7 nitrogen and oxygen atoms in total. The highest BCUT2D eigenvalue weighted by atomic mass is 35.5. The zero-order chi connectivity index (χ0) is 21.7. The Morgan fingerprint density at radius 1 is 1.10 bits per heavy atom. The van der Waals surface area contributed by atoms with Gasteiger partial charge in [0, 0.05) is 31.8 Å². The Morgan fingerprint density at radius 3 is 2.43 bits per heavy atom. The van der Waals surface area contributed by atoms with Gasteiger partial charge in [-0.2, -0.15) is 0 Å². The van der Waals surface area contributed by atoms with Gasteiger partial charge in [0.05, 0.1) is 22.8 Å². The summed E-state index contributed by atoms with van der Waals surface area (Å²) in [4.78, 5) is 30.2. The maximum Gasteiger partial charge on any atom is 0.305 e. The lowest BCUT2D eigenvalue weighted by Crippen LogP contribution is -2.32. The molecule has 0 bridgehead atoms. The van der Waals surface area contributed by atoms with Crippen molar-refractivity contribution in [2.45, 2.75) is 27.2 Å². The van der Waals surface area contributed by atoms with Crippen LogP contribution in [-0.4, -0.2) is 46.0 Å². The van der Waals surface area contributed by atoms with Gasteiger partial charge in [0.25, 0.3) is 0 Å². The molecule has 0 atom stereocenters. The fourth-order valence-corrected chi connectivity index (χ4v) is 3.35. The lowest BCUT2D eigenvalue weighted by atomic mass is 10.1. The number of fused-ring (bicyclic) bond motifs is 1. The van der Waals surface area contributed by atoms with E-state index in [1.54, 1.807) is 29.3 Å². The summed E-state index contributed by atoms with van der Waals surface area (Å²) in [6.45, 7) is 6.39. The van der Waals surface area contributed by atoms with Crippen molar-refractivity contribution in [2.24, 2.45) is 0 Å². The summed E-state index contributed by atoms with van der Waals surface area (Å²) >= 11 is 6.19. The molecule has 1 aromatic carbocycles. The van der Waals surface area contributed by atoms with E-state index in [1.165, 1.54) is 6.92 Å². The first-order valence-corrected chi connectivity index (χ1v) is 10.1. The summed E-state index contributed by atoms with van der Waals surface area (Å²) in [6, 6.07) is 10.9. The zero-order valence-electron chi connectivity index (χ0n) is 17.2. The van der Waals surface area contributed by atoms with Gasteiger partial charge in [-0.3, -0.25) is 9.59 Å². The quantitative estimate of drug-likeness (QED) is 0.400. The van der Waals surface area contributed by atoms with Crippen LogP contribution in [-0.2, 0) is 20.7 Å². The molecule has 0 radical (unpaired) electrons. The summed E-state index contributed by atoms with van der Waals surface area (Å²) < 4.78 is 12.0. The van der Waals surface area contributed by atoms with E-state index in [2.05, 4.69) is 0 Å². The third kappa shape index (κ3) is 4.91. The highest BCUT2D eigenvalue weighted by Crippen LogP contribution is 2.28. The van der Waals surface area contributed by atoms with Crippen LogP contribution in [0, 0.1) is 0 Å². The number of benzene rings is 1. The number of halogens is 1. The van der Waals surface area contributed by atoms with E-state index in [0.717, 1.165) is 11.3 Å². The fraction of sp³-hybridized carbons (Fsp3) is 0.318. The molecular formula is C22H24ClN3O4. The number of hydrogen-bond acceptors (Lipinski definition) is 5.